The highest BCUT2D eigenvalue weighted by molar-refractivity contribution is 5.02. The predicted octanol–water partition coefficient (Wildman–Crippen LogP) is 2.46. The summed E-state index contributed by atoms with van der Waals surface area (Å²) in [5, 5.41) is 0. The van der Waals surface area contributed by atoms with Crippen molar-refractivity contribution in [1.82, 2.24) is 4.90 Å². The van der Waals surface area contributed by atoms with E-state index in [4.69, 9.17) is 9.47 Å². The summed E-state index contributed by atoms with van der Waals surface area (Å²) in [6.07, 6.45) is 1.57. The Hall–Kier alpha value is -0.120. The molecule has 0 aromatic heterocycles. The topological polar surface area (TPSA) is 21.7 Å². The van der Waals surface area contributed by atoms with Crippen LogP contribution in [-0.2, 0) is 9.47 Å². The van der Waals surface area contributed by atoms with Gasteiger partial charge in [0.05, 0.1) is 18.8 Å². The lowest BCUT2D eigenvalue weighted by Crippen LogP contribution is -2.51. The van der Waals surface area contributed by atoms with Crippen molar-refractivity contribution < 1.29 is 9.47 Å². The number of rotatable bonds is 3. The number of nitrogens with zero attached hydrogens (tertiary/aromatic N) is 1. The molecule has 1 unspecified atom stereocenters. The van der Waals surface area contributed by atoms with Gasteiger partial charge in [-0.3, -0.25) is 0 Å². The highest BCUT2D eigenvalue weighted by Crippen LogP contribution is 2.42. The molecule has 3 heteroatoms. The first-order chi connectivity index (χ1) is 7.52. The fraction of sp³-hybridized carbons (Fsp3) is 1.00. The van der Waals surface area contributed by atoms with Crippen molar-refractivity contribution in [3.8, 4) is 0 Å². The van der Waals surface area contributed by atoms with Crippen molar-refractivity contribution in [2.24, 2.45) is 11.8 Å². The molecule has 3 nitrogen and oxygen atoms in total. The maximum atomic E-state index is 6.00. The fourth-order valence-corrected chi connectivity index (χ4v) is 2.93. The predicted molar refractivity (Wildman–Crippen MR) is 64.0 cm³/mol. The zero-order valence-corrected chi connectivity index (χ0v) is 11.2. The van der Waals surface area contributed by atoms with Gasteiger partial charge >= 0.3 is 0 Å². The normalized spacial score (nSPS) is 39.9. The summed E-state index contributed by atoms with van der Waals surface area (Å²) in [5.41, 5.74) is 0.143. The Kier molecular flexibility index (Phi) is 3.30. The first kappa shape index (κ1) is 12.3. The van der Waals surface area contributed by atoms with Crippen molar-refractivity contribution in [1.29, 1.82) is 0 Å². The summed E-state index contributed by atoms with van der Waals surface area (Å²) >= 11 is 0. The molecule has 2 aliphatic heterocycles. The molecule has 0 N–H and O–H groups in total. The summed E-state index contributed by atoms with van der Waals surface area (Å²) in [7, 11) is 0. The van der Waals surface area contributed by atoms with Crippen LogP contribution >= 0.6 is 0 Å². The van der Waals surface area contributed by atoms with Gasteiger partial charge in [-0.25, -0.2) is 4.90 Å². The second kappa shape index (κ2) is 4.28. The van der Waals surface area contributed by atoms with Crippen LogP contribution in [0.3, 0.4) is 0 Å². The standard InChI is InChI=1S/C13H25NO2/c1-6-13-7-15-11(9(2)3)14(13)12(10(4)5)16-8-13/h9-12H,6-8H2,1-5H3/t11-,12+,13?. The van der Waals surface area contributed by atoms with Gasteiger partial charge in [-0.2, -0.15) is 0 Å². The van der Waals surface area contributed by atoms with E-state index >= 15 is 0 Å². The van der Waals surface area contributed by atoms with Crippen molar-refractivity contribution in [2.75, 3.05) is 13.2 Å². The van der Waals surface area contributed by atoms with E-state index in [2.05, 4.69) is 39.5 Å². The van der Waals surface area contributed by atoms with Gasteiger partial charge in [0.1, 0.15) is 12.5 Å². The van der Waals surface area contributed by atoms with Crippen molar-refractivity contribution in [3.63, 3.8) is 0 Å². The molecular weight excluding hydrogens is 202 g/mol. The molecule has 3 atom stereocenters. The Bertz CT molecular complexity index is 232. The number of hydrogen-bond acceptors (Lipinski definition) is 3. The molecule has 0 radical (unpaired) electrons. The van der Waals surface area contributed by atoms with Crippen LogP contribution in [0.1, 0.15) is 41.0 Å². The average Bonchev–Trinajstić information content (AvgIpc) is 2.72. The van der Waals surface area contributed by atoms with Crippen LogP contribution < -0.4 is 0 Å². The van der Waals surface area contributed by atoms with E-state index in [1.165, 1.54) is 0 Å². The smallest absolute Gasteiger partial charge is 0.115 e. The Balaban J connectivity index is 2.25. The molecule has 0 saturated carbocycles. The second-order valence-corrected chi connectivity index (χ2v) is 5.88. The lowest BCUT2D eigenvalue weighted by Gasteiger charge is -2.36. The van der Waals surface area contributed by atoms with E-state index in [0.29, 0.717) is 11.8 Å². The molecule has 0 spiro atoms. The van der Waals surface area contributed by atoms with E-state index in [1.54, 1.807) is 0 Å². The Morgan fingerprint density at radius 3 is 1.81 bits per heavy atom. The molecule has 2 fully saturated rings. The highest BCUT2D eigenvalue weighted by Gasteiger charge is 2.55. The summed E-state index contributed by atoms with van der Waals surface area (Å²) < 4.78 is 12.0. The largest absolute Gasteiger partial charge is 0.361 e. The zero-order valence-electron chi connectivity index (χ0n) is 11.2. The zero-order chi connectivity index (χ0) is 11.9. The Labute approximate surface area is 99.1 Å². The Morgan fingerprint density at radius 1 is 1.06 bits per heavy atom. The molecule has 94 valence electrons. The van der Waals surface area contributed by atoms with Crippen LogP contribution in [0.2, 0.25) is 0 Å². The molecule has 16 heavy (non-hydrogen) atoms. The summed E-state index contributed by atoms with van der Waals surface area (Å²) in [6, 6.07) is 0. The average molecular weight is 227 g/mol. The van der Waals surface area contributed by atoms with Crippen LogP contribution in [0.25, 0.3) is 0 Å². The molecule has 0 bridgehead atoms. The molecular formula is C13H25NO2. The van der Waals surface area contributed by atoms with Crippen molar-refractivity contribution >= 4 is 0 Å². The molecule has 2 aliphatic rings. The maximum Gasteiger partial charge on any atom is 0.115 e. The van der Waals surface area contributed by atoms with Gasteiger partial charge < -0.3 is 9.47 Å². The maximum absolute atomic E-state index is 6.00. The van der Waals surface area contributed by atoms with E-state index in [9.17, 15) is 0 Å². The van der Waals surface area contributed by atoms with Gasteiger partial charge in [0.15, 0.2) is 0 Å². The van der Waals surface area contributed by atoms with E-state index in [-0.39, 0.29) is 18.0 Å². The van der Waals surface area contributed by atoms with Gasteiger partial charge in [-0.15, -0.1) is 0 Å². The third kappa shape index (κ3) is 1.69. The third-order valence-electron chi connectivity index (χ3n) is 3.94. The quantitative estimate of drug-likeness (QED) is 0.739. The molecule has 0 aliphatic carbocycles. The minimum atomic E-state index is 0.143. The van der Waals surface area contributed by atoms with Gasteiger partial charge in [-0.1, -0.05) is 34.6 Å². The van der Waals surface area contributed by atoms with E-state index in [1.807, 2.05) is 0 Å². The molecule has 0 amide bonds. The minimum Gasteiger partial charge on any atom is -0.361 e. The van der Waals surface area contributed by atoms with Crippen LogP contribution in [-0.4, -0.2) is 36.1 Å². The molecule has 2 heterocycles. The summed E-state index contributed by atoms with van der Waals surface area (Å²) in [6.45, 7) is 12.8. The van der Waals surface area contributed by atoms with Crippen molar-refractivity contribution in [3.05, 3.63) is 0 Å². The lowest BCUT2D eigenvalue weighted by molar-refractivity contribution is -0.0949. The van der Waals surface area contributed by atoms with Crippen molar-refractivity contribution in [2.45, 2.75) is 59.0 Å². The first-order valence-electron chi connectivity index (χ1n) is 6.53. The van der Waals surface area contributed by atoms with Crippen LogP contribution in [0.5, 0.6) is 0 Å². The van der Waals surface area contributed by atoms with Gasteiger partial charge in [-0.05, 0) is 18.3 Å². The van der Waals surface area contributed by atoms with Crippen LogP contribution in [0.4, 0.5) is 0 Å². The molecule has 2 saturated heterocycles. The Morgan fingerprint density at radius 2 is 1.50 bits per heavy atom. The number of ether oxygens (including phenoxy) is 2. The third-order valence-corrected chi connectivity index (χ3v) is 3.94. The van der Waals surface area contributed by atoms with Crippen LogP contribution in [0, 0.1) is 11.8 Å². The van der Waals surface area contributed by atoms with E-state index in [0.717, 1.165) is 19.6 Å². The lowest BCUT2D eigenvalue weighted by atomic mass is 9.96. The van der Waals surface area contributed by atoms with Gasteiger partial charge in [0.25, 0.3) is 0 Å². The van der Waals surface area contributed by atoms with Crippen LogP contribution in [0.15, 0.2) is 0 Å². The minimum absolute atomic E-state index is 0.143. The summed E-state index contributed by atoms with van der Waals surface area (Å²) in [4.78, 5) is 2.50. The second-order valence-electron chi connectivity index (χ2n) is 5.88. The summed E-state index contributed by atoms with van der Waals surface area (Å²) in [5.74, 6) is 1.05. The molecule has 0 aromatic carbocycles. The molecule has 0 aromatic rings. The SMILES string of the molecule is CCC12CO[C@H](C(C)C)N1[C@H](C(C)C)OC2. The molecule has 2 rings (SSSR count). The highest BCUT2D eigenvalue weighted by atomic mass is 16.6. The van der Waals surface area contributed by atoms with Gasteiger partial charge in [0.2, 0.25) is 0 Å². The van der Waals surface area contributed by atoms with Gasteiger partial charge in [0, 0.05) is 0 Å². The number of hydrogen-bond donors (Lipinski definition) is 0. The first-order valence-corrected chi connectivity index (χ1v) is 6.53. The number of fused-ring (bicyclic) bond motifs is 1. The monoisotopic (exact) mass is 227 g/mol. The van der Waals surface area contributed by atoms with E-state index < -0.39 is 0 Å². The fourth-order valence-electron chi connectivity index (χ4n) is 2.93.